The molecule has 0 spiro atoms. The highest BCUT2D eigenvalue weighted by Gasteiger charge is 2.23. The molecule has 6 heteroatoms. The van der Waals surface area contributed by atoms with Crippen LogP contribution in [0, 0.1) is 0 Å². The van der Waals surface area contributed by atoms with E-state index in [4.69, 9.17) is 0 Å². The van der Waals surface area contributed by atoms with Gasteiger partial charge in [-0.25, -0.2) is 4.79 Å². The number of rotatable bonds is 5. The van der Waals surface area contributed by atoms with Gasteiger partial charge in [0.1, 0.15) is 0 Å². The number of carbonyl (C=O) groups is 5. The molecule has 0 heterocycles. The highest BCUT2D eigenvalue weighted by molar-refractivity contribution is 6.21. The first kappa shape index (κ1) is 16.2. The van der Waals surface area contributed by atoms with Crippen molar-refractivity contribution in [2.45, 2.75) is 0 Å². The molecular formula is C19H10O6. The molecule has 0 unspecified atom stereocenters. The van der Waals surface area contributed by atoms with Crippen LogP contribution in [0.25, 0.3) is 21.5 Å². The van der Waals surface area contributed by atoms with Crippen molar-refractivity contribution in [3.63, 3.8) is 0 Å². The second-order valence-corrected chi connectivity index (χ2v) is 5.36. The molecule has 0 amide bonds. The van der Waals surface area contributed by atoms with E-state index < -0.39 is 5.97 Å². The van der Waals surface area contributed by atoms with Crippen molar-refractivity contribution in [2.24, 2.45) is 0 Å². The lowest BCUT2D eigenvalue weighted by Crippen LogP contribution is -2.10. The van der Waals surface area contributed by atoms with Gasteiger partial charge in [0.05, 0.1) is 5.56 Å². The predicted molar refractivity (Wildman–Crippen MR) is 90.0 cm³/mol. The van der Waals surface area contributed by atoms with Gasteiger partial charge in [-0.2, -0.15) is 0 Å². The Bertz CT molecular complexity index is 1090. The molecule has 0 saturated heterocycles. The van der Waals surface area contributed by atoms with Gasteiger partial charge in [-0.15, -0.1) is 0 Å². The highest BCUT2D eigenvalue weighted by Crippen LogP contribution is 2.33. The normalized spacial score (nSPS) is 10.6. The summed E-state index contributed by atoms with van der Waals surface area (Å²) in [5.74, 6) is -1.39. The third-order valence-corrected chi connectivity index (χ3v) is 4.16. The number of carboxylic acids is 1. The molecule has 0 saturated carbocycles. The van der Waals surface area contributed by atoms with Gasteiger partial charge < -0.3 is 5.11 Å². The van der Waals surface area contributed by atoms with E-state index in [-0.39, 0.29) is 45.6 Å². The molecular weight excluding hydrogens is 324 g/mol. The van der Waals surface area contributed by atoms with Crippen LogP contribution in [0.3, 0.4) is 0 Å². The number of hydrogen-bond acceptors (Lipinski definition) is 5. The molecule has 0 atom stereocenters. The van der Waals surface area contributed by atoms with Gasteiger partial charge in [0.25, 0.3) is 0 Å². The van der Waals surface area contributed by atoms with Gasteiger partial charge in [-0.1, -0.05) is 18.2 Å². The van der Waals surface area contributed by atoms with Crippen molar-refractivity contribution in [1.29, 1.82) is 0 Å². The summed E-state index contributed by atoms with van der Waals surface area (Å²) in [6.45, 7) is 0. The molecule has 0 aliphatic heterocycles. The smallest absolute Gasteiger partial charge is 0.337 e. The Morgan fingerprint density at radius 1 is 0.760 bits per heavy atom. The van der Waals surface area contributed by atoms with E-state index in [0.29, 0.717) is 28.9 Å². The Morgan fingerprint density at radius 3 is 2.00 bits per heavy atom. The topological polar surface area (TPSA) is 106 Å². The fourth-order valence-electron chi connectivity index (χ4n) is 3.06. The zero-order valence-corrected chi connectivity index (χ0v) is 12.7. The van der Waals surface area contributed by atoms with E-state index >= 15 is 0 Å². The molecule has 3 rings (SSSR count). The summed E-state index contributed by atoms with van der Waals surface area (Å²) in [5, 5.41) is 11.0. The minimum Gasteiger partial charge on any atom is -0.478 e. The van der Waals surface area contributed by atoms with E-state index in [1.165, 1.54) is 12.1 Å². The van der Waals surface area contributed by atoms with Gasteiger partial charge >= 0.3 is 5.97 Å². The van der Waals surface area contributed by atoms with E-state index in [1.807, 2.05) is 0 Å². The molecule has 0 aromatic heterocycles. The minimum atomic E-state index is -1.39. The van der Waals surface area contributed by atoms with Gasteiger partial charge in [-0.3, -0.25) is 19.2 Å². The first-order chi connectivity index (χ1) is 12.1. The standard InChI is InChI=1S/C19H10O6/c20-6-11-3-1-2-10-4-14-13(5-12(10)11)15(7-21)16(8-22)17(9-23)18(14)19(24)25/h1-9H,(H,24,25). The summed E-state index contributed by atoms with van der Waals surface area (Å²) in [5.41, 5.74) is -0.697. The summed E-state index contributed by atoms with van der Waals surface area (Å²) in [7, 11) is 0. The molecule has 6 nitrogen and oxygen atoms in total. The van der Waals surface area contributed by atoms with Gasteiger partial charge in [-0.05, 0) is 33.7 Å². The molecule has 0 radical (unpaired) electrons. The first-order valence-electron chi connectivity index (χ1n) is 7.17. The van der Waals surface area contributed by atoms with Gasteiger partial charge in [0, 0.05) is 22.3 Å². The lowest BCUT2D eigenvalue weighted by molar-refractivity contribution is 0.0695. The average molecular weight is 334 g/mol. The number of fused-ring (bicyclic) bond motifs is 2. The maximum absolute atomic E-state index is 11.7. The Morgan fingerprint density at radius 2 is 1.44 bits per heavy atom. The maximum Gasteiger partial charge on any atom is 0.337 e. The highest BCUT2D eigenvalue weighted by atomic mass is 16.4. The monoisotopic (exact) mass is 334 g/mol. The first-order valence-corrected chi connectivity index (χ1v) is 7.17. The zero-order valence-electron chi connectivity index (χ0n) is 12.7. The van der Waals surface area contributed by atoms with Crippen molar-refractivity contribution in [1.82, 2.24) is 0 Å². The lowest BCUT2D eigenvalue weighted by atomic mass is 9.88. The molecule has 0 aliphatic rings. The Labute approximate surface area is 140 Å². The number of benzene rings is 3. The second kappa shape index (κ2) is 6.09. The van der Waals surface area contributed by atoms with E-state index in [9.17, 15) is 29.1 Å². The molecule has 0 fully saturated rings. The second-order valence-electron chi connectivity index (χ2n) is 5.36. The van der Waals surface area contributed by atoms with Crippen molar-refractivity contribution < 1.29 is 29.1 Å². The molecule has 3 aromatic carbocycles. The van der Waals surface area contributed by atoms with Crippen LogP contribution in [-0.2, 0) is 0 Å². The van der Waals surface area contributed by atoms with Crippen LogP contribution >= 0.6 is 0 Å². The van der Waals surface area contributed by atoms with Crippen LogP contribution in [0.4, 0.5) is 0 Å². The van der Waals surface area contributed by atoms with Gasteiger partial charge in [0.2, 0.25) is 0 Å². The van der Waals surface area contributed by atoms with Crippen LogP contribution in [0.5, 0.6) is 0 Å². The number of carbonyl (C=O) groups excluding carboxylic acids is 4. The summed E-state index contributed by atoms with van der Waals surface area (Å²) >= 11 is 0. The summed E-state index contributed by atoms with van der Waals surface area (Å²) in [6.07, 6.45) is 1.59. The molecule has 122 valence electrons. The zero-order chi connectivity index (χ0) is 18.1. The van der Waals surface area contributed by atoms with E-state index in [1.54, 1.807) is 18.2 Å². The van der Waals surface area contributed by atoms with Crippen LogP contribution < -0.4 is 0 Å². The molecule has 0 bridgehead atoms. The Kier molecular flexibility index (Phi) is 3.94. The Hall–Kier alpha value is -3.67. The van der Waals surface area contributed by atoms with E-state index in [2.05, 4.69) is 0 Å². The average Bonchev–Trinajstić information content (AvgIpc) is 2.63. The Balaban J connectivity index is 2.69. The van der Waals surface area contributed by atoms with Crippen molar-refractivity contribution in [3.8, 4) is 0 Å². The maximum atomic E-state index is 11.7. The summed E-state index contributed by atoms with van der Waals surface area (Å²) in [4.78, 5) is 57.3. The quantitative estimate of drug-likeness (QED) is 0.568. The number of aromatic carboxylic acids is 1. The van der Waals surface area contributed by atoms with Gasteiger partial charge in [0.15, 0.2) is 25.1 Å². The molecule has 3 aromatic rings. The van der Waals surface area contributed by atoms with E-state index in [0.717, 1.165) is 0 Å². The SMILES string of the molecule is O=Cc1c(C=O)c(C(=O)O)c2cc3cccc(C=O)c3cc2c1C=O. The number of carboxylic acid groups (broad SMARTS) is 1. The lowest BCUT2D eigenvalue weighted by Gasteiger charge is -2.13. The summed E-state index contributed by atoms with van der Waals surface area (Å²) in [6, 6.07) is 7.89. The molecule has 25 heavy (non-hydrogen) atoms. The fourth-order valence-corrected chi connectivity index (χ4v) is 3.06. The largest absolute Gasteiger partial charge is 0.478 e. The molecule has 1 N–H and O–H groups in total. The van der Waals surface area contributed by atoms with Crippen LogP contribution in [0.2, 0.25) is 0 Å². The van der Waals surface area contributed by atoms with Crippen LogP contribution in [0.1, 0.15) is 51.8 Å². The van der Waals surface area contributed by atoms with Crippen molar-refractivity contribution in [3.05, 3.63) is 58.1 Å². The molecule has 0 aliphatic carbocycles. The summed E-state index contributed by atoms with van der Waals surface area (Å²) < 4.78 is 0. The number of hydrogen-bond donors (Lipinski definition) is 1. The van der Waals surface area contributed by atoms with Crippen LogP contribution in [-0.4, -0.2) is 36.2 Å². The van der Waals surface area contributed by atoms with Crippen molar-refractivity contribution in [2.75, 3.05) is 0 Å². The van der Waals surface area contributed by atoms with Crippen molar-refractivity contribution >= 4 is 52.7 Å². The third kappa shape index (κ3) is 2.31. The third-order valence-electron chi connectivity index (χ3n) is 4.16. The van der Waals surface area contributed by atoms with Crippen LogP contribution in [0.15, 0.2) is 30.3 Å². The minimum absolute atomic E-state index is 0.0836. The number of aldehydes is 4. The fraction of sp³-hybridized carbons (Fsp3) is 0. The predicted octanol–water partition coefficient (Wildman–Crippen LogP) is 2.94.